The van der Waals surface area contributed by atoms with E-state index in [1.54, 1.807) is 20.1 Å². The topological polar surface area (TPSA) is 44.8 Å². The first-order valence-electron chi connectivity index (χ1n) is 6.36. The number of rotatable bonds is 8. The molecule has 0 radical (unpaired) electrons. The van der Waals surface area contributed by atoms with Crippen molar-refractivity contribution in [3.8, 4) is 5.75 Å². The Morgan fingerprint density at radius 3 is 2.60 bits per heavy atom. The molecule has 0 saturated carbocycles. The number of carbonyl (C=O) groups is 1. The molecule has 1 atom stereocenters. The molecule has 4 nitrogen and oxygen atoms in total. The minimum Gasteiger partial charge on any atom is -0.497 e. The van der Waals surface area contributed by atoms with Crippen LogP contribution in [0.3, 0.4) is 0 Å². The van der Waals surface area contributed by atoms with Crippen LogP contribution in [-0.4, -0.2) is 30.7 Å². The largest absolute Gasteiger partial charge is 0.497 e. The average Bonchev–Trinajstić information content (AvgIpc) is 2.48. The lowest BCUT2D eigenvalue weighted by Crippen LogP contribution is -2.06. The summed E-state index contributed by atoms with van der Waals surface area (Å²) in [6.45, 7) is 2.53. The van der Waals surface area contributed by atoms with Crippen molar-refractivity contribution in [3.05, 3.63) is 42.0 Å². The summed E-state index contributed by atoms with van der Waals surface area (Å²) in [6, 6.07) is 7.79. The van der Waals surface area contributed by atoms with Crippen molar-refractivity contribution in [1.82, 2.24) is 0 Å². The third-order valence-corrected chi connectivity index (χ3v) is 3.36. The predicted molar refractivity (Wildman–Crippen MR) is 86.3 cm³/mol. The van der Waals surface area contributed by atoms with Gasteiger partial charge in [0.1, 0.15) is 5.75 Å². The fourth-order valence-electron chi connectivity index (χ4n) is 1.55. The van der Waals surface area contributed by atoms with E-state index in [4.69, 9.17) is 14.2 Å². The monoisotopic (exact) mass is 390 g/mol. The summed E-state index contributed by atoms with van der Waals surface area (Å²) >= 11 is 2.28. The molecular weight excluding hydrogens is 371 g/mol. The molecule has 0 N–H and O–H groups in total. The molecule has 0 aromatic heterocycles. The molecule has 110 valence electrons. The molecule has 0 heterocycles. The number of ether oxygens (including phenoxy) is 3. The Kier molecular flexibility index (Phi) is 8.29. The molecule has 0 aliphatic carbocycles. The highest BCUT2D eigenvalue weighted by Gasteiger charge is 2.09. The second-order valence-electron chi connectivity index (χ2n) is 3.90. The van der Waals surface area contributed by atoms with Gasteiger partial charge < -0.3 is 14.2 Å². The second kappa shape index (κ2) is 9.77. The van der Waals surface area contributed by atoms with Crippen molar-refractivity contribution in [1.29, 1.82) is 0 Å². The van der Waals surface area contributed by atoms with Crippen molar-refractivity contribution >= 4 is 28.6 Å². The lowest BCUT2D eigenvalue weighted by molar-refractivity contribution is -0.137. The molecule has 0 aliphatic heterocycles. The van der Waals surface area contributed by atoms with Crippen LogP contribution in [0.5, 0.6) is 5.75 Å². The van der Waals surface area contributed by atoms with E-state index in [-0.39, 0.29) is 12.1 Å². The van der Waals surface area contributed by atoms with Gasteiger partial charge in [0.25, 0.3) is 0 Å². The van der Waals surface area contributed by atoms with Crippen molar-refractivity contribution in [2.24, 2.45) is 0 Å². The lowest BCUT2D eigenvalue weighted by atomic mass is 10.1. The van der Waals surface area contributed by atoms with Gasteiger partial charge in [0.05, 0.1) is 26.4 Å². The summed E-state index contributed by atoms with van der Waals surface area (Å²) in [6.07, 6.45) is 3.05. The van der Waals surface area contributed by atoms with Crippen LogP contribution in [0.15, 0.2) is 36.4 Å². The molecule has 0 bridgehead atoms. The fourth-order valence-corrected chi connectivity index (χ4v) is 2.32. The molecule has 1 aromatic carbocycles. The summed E-state index contributed by atoms with van der Waals surface area (Å²) in [5.74, 6) is 0.481. The fraction of sp³-hybridized carbons (Fsp3) is 0.400. The summed E-state index contributed by atoms with van der Waals surface area (Å²) in [5, 5.41) is 0. The molecule has 0 fully saturated rings. The van der Waals surface area contributed by atoms with E-state index in [9.17, 15) is 4.79 Å². The Labute approximate surface area is 133 Å². The lowest BCUT2D eigenvalue weighted by Gasteiger charge is -2.15. The average molecular weight is 390 g/mol. The van der Waals surface area contributed by atoms with E-state index in [0.29, 0.717) is 13.2 Å². The van der Waals surface area contributed by atoms with E-state index in [1.165, 1.54) is 6.08 Å². The third-order valence-electron chi connectivity index (χ3n) is 2.56. The molecule has 20 heavy (non-hydrogen) atoms. The van der Waals surface area contributed by atoms with E-state index < -0.39 is 0 Å². The Bertz CT molecular complexity index is 428. The maximum Gasteiger partial charge on any atom is 0.330 e. The third kappa shape index (κ3) is 5.92. The van der Waals surface area contributed by atoms with Gasteiger partial charge in [-0.15, -0.1) is 0 Å². The van der Waals surface area contributed by atoms with Crippen LogP contribution < -0.4 is 4.74 Å². The van der Waals surface area contributed by atoms with Crippen molar-refractivity contribution in [3.63, 3.8) is 0 Å². The van der Waals surface area contributed by atoms with Crippen LogP contribution in [0, 0.1) is 0 Å². The molecule has 0 saturated heterocycles. The molecule has 5 heteroatoms. The Morgan fingerprint density at radius 1 is 1.35 bits per heavy atom. The maximum atomic E-state index is 11.1. The zero-order valence-electron chi connectivity index (χ0n) is 11.7. The number of benzene rings is 1. The number of hydrogen-bond acceptors (Lipinski definition) is 4. The number of esters is 1. The van der Waals surface area contributed by atoms with E-state index in [2.05, 4.69) is 22.6 Å². The van der Waals surface area contributed by atoms with E-state index in [0.717, 1.165) is 15.7 Å². The Balaban J connectivity index is 2.48. The normalized spacial score (nSPS) is 12.3. The van der Waals surface area contributed by atoms with Gasteiger partial charge in [0, 0.05) is 10.5 Å². The molecule has 1 unspecified atom stereocenters. The number of hydrogen-bond donors (Lipinski definition) is 0. The van der Waals surface area contributed by atoms with Gasteiger partial charge in [-0.1, -0.05) is 40.8 Å². The molecule has 0 aliphatic rings. The van der Waals surface area contributed by atoms with Gasteiger partial charge in [0.15, 0.2) is 0 Å². The first-order valence-corrected chi connectivity index (χ1v) is 7.88. The van der Waals surface area contributed by atoms with Gasteiger partial charge >= 0.3 is 5.97 Å². The van der Waals surface area contributed by atoms with Gasteiger partial charge in [-0.25, -0.2) is 4.79 Å². The van der Waals surface area contributed by atoms with Crippen LogP contribution in [0.25, 0.3) is 0 Å². The summed E-state index contributed by atoms with van der Waals surface area (Å²) in [4.78, 5) is 11.1. The maximum absolute atomic E-state index is 11.1. The molecule has 1 aromatic rings. The second-order valence-corrected chi connectivity index (χ2v) is 4.78. The highest BCUT2D eigenvalue weighted by molar-refractivity contribution is 14.1. The van der Waals surface area contributed by atoms with Gasteiger partial charge in [-0.2, -0.15) is 0 Å². The zero-order valence-corrected chi connectivity index (χ0v) is 13.8. The SMILES string of the molecule is CCOC(=O)C=CCOC(CI)c1ccc(OC)cc1. The highest BCUT2D eigenvalue weighted by atomic mass is 127. The smallest absolute Gasteiger partial charge is 0.330 e. The molecular formula is C15H19IO4. The number of carbonyl (C=O) groups excluding carboxylic acids is 1. The van der Waals surface area contributed by atoms with Crippen LogP contribution in [0.2, 0.25) is 0 Å². The number of methoxy groups -OCH3 is 1. The predicted octanol–water partition coefficient (Wildman–Crippen LogP) is 3.31. The van der Waals surface area contributed by atoms with Crippen LogP contribution in [-0.2, 0) is 14.3 Å². The van der Waals surface area contributed by atoms with Crippen molar-refractivity contribution in [2.75, 3.05) is 24.8 Å². The first-order chi connectivity index (χ1) is 9.71. The Morgan fingerprint density at radius 2 is 2.05 bits per heavy atom. The van der Waals surface area contributed by atoms with Crippen LogP contribution in [0.1, 0.15) is 18.6 Å². The quantitative estimate of drug-likeness (QED) is 0.296. The van der Waals surface area contributed by atoms with Crippen molar-refractivity contribution in [2.45, 2.75) is 13.0 Å². The van der Waals surface area contributed by atoms with Gasteiger partial charge in [0.2, 0.25) is 0 Å². The molecule has 0 amide bonds. The van der Waals surface area contributed by atoms with E-state index in [1.807, 2.05) is 24.3 Å². The minimum atomic E-state index is -0.341. The van der Waals surface area contributed by atoms with Crippen LogP contribution >= 0.6 is 22.6 Å². The zero-order chi connectivity index (χ0) is 14.8. The van der Waals surface area contributed by atoms with Crippen LogP contribution in [0.4, 0.5) is 0 Å². The Hall–Kier alpha value is -1.08. The standard InChI is InChI=1S/C15H19IO4/c1-3-19-15(17)5-4-10-20-14(11-16)12-6-8-13(18-2)9-7-12/h4-9,14H,3,10-11H2,1-2H3. The van der Waals surface area contributed by atoms with Gasteiger partial charge in [-0.3, -0.25) is 0 Å². The highest BCUT2D eigenvalue weighted by Crippen LogP contribution is 2.22. The van der Waals surface area contributed by atoms with Gasteiger partial charge in [-0.05, 0) is 24.6 Å². The van der Waals surface area contributed by atoms with E-state index >= 15 is 0 Å². The van der Waals surface area contributed by atoms with Crippen molar-refractivity contribution < 1.29 is 19.0 Å². The molecule has 0 spiro atoms. The minimum absolute atomic E-state index is 0.00616. The summed E-state index contributed by atoms with van der Waals surface area (Å²) < 4.78 is 16.5. The first kappa shape index (κ1) is 17.0. The molecule has 1 rings (SSSR count). The number of alkyl halides is 1. The number of halogens is 1. The summed E-state index contributed by atoms with van der Waals surface area (Å²) in [7, 11) is 1.64. The summed E-state index contributed by atoms with van der Waals surface area (Å²) in [5.41, 5.74) is 1.09.